The number of ether oxygens (including phenoxy) is 1. The van der Waals surface area contributed by atoms with Crippen molar-refractivity contribution in [1.82, 2.24) is 15.0 Å². The molecule has 0 radical (unpaired) electrons. The Morgan fingerprint density at radius 2 is 2.00 bits per heavy atom. The number of H-pyrrole nitrogens is 1. The Kier molecular flexibility index (Phi) is 5.55. The van der Waals surface area contributed by atoms with Crippen LogP contribution in [-0.4, -0.2) is 46.2 Å². The Morgan fingerprint density at radius 1 is 1.30 bits per heavy atom. The second-order valence-corrected chi connectivity index (χ2v) is 7.01. The lowest BCUT2D eigenvalue weighted by Gasteiger charge is -2.36. The number of carbonyl (C=O) groups excluding carboxylic acids is 1. The minimum absolute atomic E-state index is 0.0330. The van der Waals surface area contributed by atoms with Crippen molar-refractivity contribution in [3.05, 3.63) is 45.8 Å². The fraction of sp³-hybridized carbons (Fsp3) is 0.474. The molecule has 0 saturated carbocycles. The van der Waals surface area contributed by atoms with Crippen molar-refractivity contribution in [3.63, 3.8) is 0 Å². The van der Waals surface area contributed by atoms with Crippen molar-refractivity contribution in [2.24, 2.45) is 0 Å². The monoisotopic (exact) mass is 371 g/mol. The van der Waals surface area contributed by atoms with Crippen LogP contribution in [0.15, 0.2) is 23.1 Å². The maximum atomic E-state index is 12.3. The van der Waals surface area contributed by atoms with Gasteiger partial charge in [-0.05, 0) is 39.8 Å². The topological polar surface area (TPSA) is 100 Å². The van der Waals surface area contributed by atoms with Gasteiger partial charge in [-0.1, -0.05) is 0 Å². The normalized spacial score (nSPS) is 19.8. The lowest BCUT2D eigenvalue weighted by Crippen LogP contribution is -2.45. The molecule has 1 saturated heterocycles. The number of pyridine rings is 1. The van der Waals surface area contributed by atoms with Crippen LogP contribution < -0.4 is 15.8 Å². The van der Waals surface area contributed by atoms with Gasteiger partial charge in [-0.3, -0.25) is 9.59 Å². The summed E-state index contributed by atoms with van der Waals surface area (Å²) in [5.41, 5.74) is 1.25. The van der Waals surface area contributed by atoms with E-state index in [0.29, 0.717) is 22.8 Å². The number of aromatic nitrogens is 3. The van der Waals surface area contributed by atoms with Gasteiger partial charge in [0.15, 0.2) is 0 Å². The number of hydrogen-bond donors (Lipinski definition) is 2. The molecule has 2 aromatic heterocycles. The third kappa shape index (κ3) is 4.71. The van der Waals surface area contributed by atoms with Crippen molar-refractivity contribution < 1.29 is 9.53 Å². The van der Waals surface area contributed by atoms with Gasteiger partial charge < -0.3 is 19.9 Å². The molecular formula is C19H25N5O3. The largest absolute Gasteiger partial charge is 0.372 e. The highest BCUT2D eigenvalue weighted by Crippen LogP contribution is 2.19. The third-order valence-electron chi connectivity index (χ3n) is 4.45. The van der Waals surface area contributed by atoms with Crippen molar-refractivity contribution >= 4 is 17.4 Å². The molecule has 0 unspecified atom stereocenters. The van der Waals surface area contributed by atoms with Crippen LogP contribution in [0.5, 0.6) is 0 Å². The molecule has 144 valence electrons. The molecule has 0 spiro atoms. The van der Waals surface area contributed by atoms with Gasteiger partial charge in [0, 0.05) is 24.3 Å². The minimum atomic E-state index is -0.280. The maximum absolute atomic E-state index is 12.3. The fourth-order valence-electron chi connectivity index (χ4n) is 3.34. The molecule has 1 fully saturated rings. The van der Waals surface area contributed by atoms with Gasteiger partial charge >= 0.3 is 0 Å². The average Bonchev–Trinajstić information content (AvgIpc) is 2.58. The van der Waals surface area contributed by atoms with Crippen LogP contribution in [0.25, 0.3) is 0 Å². The average molecular weight is 371 g/mol. The van der Waals surface area contributed by atoms with Gasteiger partial charge in [0.05, 0.1) is 30.5 Å². The molecule has 1 aliphatic rings. The van der Waals surface area contributed by atoms with E-state index in [9.17, 15) is 9.59 Å². The van der Waals surface area contributed by atoms with Crippen molar-refractivity contribution in [2.45, 2.75) is 46.3 Å². The quantitative estimate of drug-likeness (QED) is 0.846. The van der Waals surface area contributed by atoms with Gasteiger partial charge in [-0.2, -0.15) is 0 Å². The van der Waals surface area contributed by atoms with E-state index in [1.54, 1.807) is 20.0 Å². The Labute approximate surface area is 158 Å². The first kappa shape index (κ1) is 19.0. The smallest absolute Gasteiger partial charge is 0.254 e. The number of carbonyl (C=O) groups is 1. The number of anilines is 2. The standard InChI is InChI=1S/C19H25N5O3/c1-11-9-24(10-12(2)27-11)17-6-5-15(8-20-17)23-18(25)7-16-13(3)21-14(4)22-19(16)26/h5-6,8,11-12H,7,9-10H2,1-4H3,(H,23,25)(H,21,22,26)/t11-,12+. The van der Waals surface area contributed by atoms with Gasteiger partial charge in [0.1, 0.15) is 11.6 Å². The van der Waals surface area contributed by atoms with E-state index in [0.717, 1.165) is 18.9 Å². The molecule has 0 aromatic carbocycles. The Hall–Kier alpha value is -2.74. The lowest BCUT2D eigenvalue weighted by molar-refractivity contribution is -0.115. The van der Waals surface area contributed by atoms with Crippen molar-refractivity contribution in [1.29, 1.82) is 0 Å². The summed E-state index contributed by atoms with van der Waals surface area (Å²) in [6.45, 7) is 9.09. The van der Waals surface area contributed by atoms with Gasteiger partial charge in [-0.15, -0.1) is 0 Å². The summed E-state index contributed by atoms with van der Waals surface area (Å²) in [7, 11) is 0. The molecule has 0 bridgehead atoms. The first-order chi connectivity index (χ1) is 12.8. The number of hydrogen-bond acceptors (Lipinski definition) is 6. The zero-order valence-electron chi connectivity index (χ0n) is 16.1. The van der Waals surface area contributed by atoms with Gasteiger partial charge in [-0.25, -0.2) is 9.97 Å². The first-order valence-corrected chi connectivity index (χ1v) is 9.04. The summed E-state index contributed by atoms with van der Waals surface area (Å²) in [4.78, 5) is 37.8. The predicted octanol–water partition coefficient (Wildman–Crippen LogP) is 1.58. The molecule has 3 rings (SSSR count). The first-order valence-electron chi connectivity index (χ1n) is 9.04. The zero-order chi connectivity index (χ0) is 19.6. The number of morpholine rings is 1. The molecule has 2 N–H and O–H groups in total. The van der Waals surface area contributed by atoms with Crippen LogP contribution in [0.1, 0.15) is 30.9 Å². The molecular weight excluding hydrogens is 346 g/mol. The van der Waals surface area contributed by atoms with Crippen LogP contribution in [0.3, 0.4) is 0 Å². The van der Waals surface area contributed by atoms with Crippen LogP contribution >= 0.6 is 0 Å². The third-order valence-corrected chi connectivity index (χ3v) is 4.45. The van der Waals surface area contributed by atoms with E-state index in [4.69, 9.17) is 4.74 Å². The number of nitrogens with zero attached hydrogens (tertiary/aromatic N) is 3. The van der Waals surface area contributed by atoms with Crippen LogP contribution in [0, 0.1) is 13.8 Å². The Balaban J connectivity index is 1.65. The van der Waals surface area contributed by atoms with Crippen molar-refractivity contribution in [2.75, 3.05) is 23.3 Å². The number of nitrogens with one attached hydrogen (secondary N) is 2. The highest BCUT2D eigenvalue weighted by molar-refractivity contribution is 5.92. The second kappa shape index (κ2) is 7.87. The minimum Gasteiger partial charge on any atom is -0.372 e. The van der Waals surface area contributed by atoms with Gasteiger partial charge in [0.25, 0.3) is 5.56 Å². The van der Waals surface area contributed by atoms with Crippen LogP contribution in [0.2, 0.25) is 0 Å². The summed E-state index contributed by atoms with van der Waals surface area (Å²) in [5, 5.41) is 2.78. The summed E-state index contributed by atoms with van der Waals surface area (Å²) in [5.74, 6) is 1.11. The predicted molar refractivity (Wildman–Crippen MR) is 103 cm³/mol. The molecule has 1 aliphatic heterocycles. The van der Waals surface area contributed by atoms with Gasteiger partial charge in [0.2, 0.25) is 5.91 Å². The molecule has 2 atom stereocenters. The van der Waals surface area contributed by atoms with Crippen LogP contribution in [0.4, 0.5) is 11.5 Å². The van der Waals surface area contributed by atoms with Crippen LogP contribution in [-0.2, 0) is 16.0 Å². The highest BCUT2D eigenvalue weighted by atomic mass is 16.5. The van der Waals surface area contributed by atoms with E-state index >= 15 is 0 Å². The van der Waals surface area contributed by atoms with Crippen molar-refractivity contribution in [3.8, 4) is 0 Å². The molecule has 8 nitrogen and oxygen atoms in total. The van der Waals surface area contributed by atoms with E-state index < -0.39 is 0 Å². The summed E-state index contributed by atoms with van der Waals surface area (Å²) in [6.07, 6.45) is 1.90. The Morgan fingerprint density at radius 3 is 2.59 bits per heavy atom. The molecule has 8 heteroatoms. The molecule has 27 heavy (non-hydrogen) atoms. The second-order valence-electron chi connectivity index (χ2n) is 7.01. The van der Waals surface area contributed by atoms with E-state index in [1.165, 1.54) is 0 Å². The highest BCUT2D eigenvalue weighted by Gasteiger charge is 2.23. The maximum Gasteiger partial charge on any atom is 0.254 e. The van der Waals surface area contributed by atoms with E-state index in [2.05, 4.69) is 25.2 Å². The van der Waals surface area contributed by atoms with E-state index in [-0.39, 0.29) is 30.1 Å². The lowest BCUT2D eigenvalue weighted by atomic mass is 10.1. The SMILES string of the molecule is Cc1nc(C)c(CC(=O)Nc2ccc(N3C[C@@H](C)O[C@@H](C)C3)nc2)c(=O)[nH]1. The molecule has 0 aliphatic carbocycles. The summed E-state index contributed by atoms with van der Waals surface area (Å²) >= 11 is 0. The number of amides is 1. The van der Waals surface area contributed by atoms with E-state index in [1.807, 2.05) is 26.0 Å². The molecule has 1 amide bonds. The number of aryl methyl sites for hydroxylation is 2. The Bertz CT molecular complexity index is 868. The molecule has 3 heterocycles. The number of rotatable bonds is 4. The summed E-state index contributed by atoms with van der Waals surface area (Å²) in [6, 6.07) is 3.70. The molecule has 2 aromatic rings. The summed E-state index contributed by atoms with van der Waals surface area (Å²) < 4.78 is 5.74. The number of aromatic amines is 1. The zero-order valence-corrected chi connectivity index (χ0v) is 16.1. The fourth-order valence-corrected chi connectivity index (χ4v) is 3.34.